The van der Waals surface area contributed by atoms with Gasteiger partial charge in [-0.2, -0.15) is 5.26 Å². The maximum Gasteiger partial charge on any atom is 0.152 e. The molecule has 0 aliphatic heterocycles. The zero-order valence-corrected chi connectivity index (χ0v) is 6.60. The number of hydrogen-bond donors (Lipinski definition) is 1. The lowest BCUT2D eigenvalue weighted by atomic mass is 10.2. The average Bonchev–Trinajstić information content (AvgIpc) is 2.04. The van der Waals surface area contributed by atoms with Crippen molar-refractivity contribution in [3.8, 4) is 17.9 Å². The molecule has 0 aromatic heterocycles. The van der Waals surface area contributed by atoms with Gasteiger partial charge in [-0.25, -0.2) is 0 Å². The summed E-state index contributed by atoms with van der Waals surface area (Å²) in [6.07, 6.45) is 0. The van der Waals surface area contributed by atoms with Crippen molar-refractivity contribution in [1.29, 1.82) is 5.26 Å². The van der Waals surface area contributed by atoms with Gasteiger partial charge in [-0.05, 0) is 24.3 Å². The van der Waals surface area contributed by atoms with E-state index in [0.717, 1.165) is 10.5 Å². The minimum absolute atomic E-state index is 0.837. The highest BCUT2D eigenvalue weighted by Gasteiger charge is 1.84. The Morgan fingerprint density at radius 1 is 1.18 bits per heavy atom. The van der Waals surface area contributed by atoms with E-state index in [1.54, 1.807) is 6.07 Å². The monoisotopic (exact) mass is 159 g/mol. The standard InChI is InChI=1S/C9H5NS/c10-7-1-2-8-3-5-9(11)6-4-8/h3-6,11H. The molecule has 1 aromatic rings. The largest absolute Gasteiger partial charge is 0.183 e. The molecule has 0 atom stereocenters. The molecule has 1 aromatic carbocycles. The second-order valence-electron chi connectivity index (χ2n) is 1.91. The quantitative estimate of drug-likeness (QED) is 0.453. The lowest BCUT2D eigenvalue weighted by Gasteiger charge is -1.89. The normalized spacial score (nSPS) is 7.64. The van der Waals surface area contributed by atoms with Gasteiger partial charge in [-0.15, -0.1) is 12.6 Å². The van der Waals surface area contributed by atoms with E-state index in [4.69, 9.17) is 5.26 Å². The lowest BCUT2D eigenvalue weighted by molar-refractivity contribution is 1.46. The first-order valence-electron chi connectivity index (χ1n) is 3.02. The van der Waals surface area contributed by atoms with E-state index in [1.807, 2.05) is 24.3 Å². The van der Waals surface area contributed by atoms with E-state index >= 15 is 0 Å². The molecule has 1 nitrogen and oxygen atoms in total. The highest BCUT2D eigenvalue weighted by molar-refractivity contribution is 7.80. The first-order valence-corrected chi connectivity index (χ1v) is 3.47. The zero-order chi connectivity index (χ0) is 8.10. The molecule has 0 saturated carbocycles. The van der Waals surface area contributed by atoms with Crippen molar-refractivity contribution >= 4 is 12.6 Å². The van der Waals surface area contributed by atoms with E-state index < -0.39 is 0 Å². The molecule has 2 heteroatoms. The summed E-state index contributed by atoms with van der Waals surface area (Å²) in [7, 11) is 0. The van der Waals surface area contributed by atoms with Gasteiger partial charge in [0.15, 0.2) is 6.07 Å². The van der Waals surface area contributed by atoms with Gasteiger partial charge in [0.1, 0.15) is 0 Å². The highest BCUT2D eigenvalue weighted by atomic mass is 32.1. The average molecular weight is 159 g/mol. The van der Waals surface area contributed by atoms with Crippen molar-refractivity contribution in [2.24, 2.45) is 0 Å². The molecule has 52 valence electrons. The molecular weight excluding hydrogens is 154 g/mol. The molecule has 0 spiro atoms. The van der Waals surface area contributed by atoms with Crippen molar-refractivity contribution in [3.63, 3.8) is 0 Å². The topological polar surface area (TPSA) is 23.8 Å². The van der Waals surface area contributed by atoms with Gasteiger partial charge >= 0.3 is 0 Å². The predicted molar refractivity (Wildman–Crippen MR) is 46.2 cm³/mol. The molecule has 0 saturated heterocycles. The summed E-state index contributed by atoms with van der Waals surface area (Å²) >= 11 is 4.11. The minimum atomic E-state index is 0.837. The third kappa shape index (κ3) is 2.37. The van der Waals surface area contributed by atoms with E-state index in [0.29, 0.717) is 0 Å². The smallest absolute Gasteiger partial charge is 0.152 e. The predicted octanol–water partition coefficient (Wildman–Crippen LogP) is 1.85. The molecule has 0 heterocycles. The summed E-state index contributed by atoms with van der Waals surface area (Å²) < 4.78 is 0. The maximum atomic E-state index is 8.14. The molecule has 0 radical (unpaired) electrons. The van der Waals surface area contributed by atoms with E-state index in [1.165, 1.54) is 0 Å². The SMILES string of the molecule is N#CC#Cc1ccc(S)cc1. The Balaban J connectivity index is 2.93. The summed E-state index contributed by atoms with van der Waals surface area (Å²) in [6.45, 7) is 0. The molecule has 0 fully saturated rings. The fourth-order valence-electron chi connectivity index (χ4n) is 0.645. The number of thiol groups is 1. The molecule has 0 aliphatic carbocycles. The van der Waals surface area contributed by atoms with Gasteiger partial charge in [0.25, 0.3) is 0 Å². The molecule has 0 amide bonds. The summed E-state index contributed by atoms with van der Waals surface area (Å²) in [4.78, 5) is 0.896. The van der Waals surface area contributed by atoms with Crippen molar-refractivity contribution in [1.82, 2.24) is 0 Å². The number of rotatable bonds is 0. The molecule has 0 N–H and O–H groups in total. The van der Waals surface area contributed by atoms with Gasteiger partial charge in [-0.1, -0.05) is 5.92 Å². The van der Waals surface area contributed by atoms with Crippen LogP contribution in [0.15, 0.2) is 29.2 Å². The molecule has 0 bridgehead atoms. The Hall–Kier alpha value is -1.38. The number of benzene rings is 1. The van der Waals surface area contributed by atoms with E-state index in [2.05, 4.69) is 24.5 Å². The third-order valence-electron chi connectivity index (χ3n) is 1.13. The lowest BCUT2D eigenvalue weighted by Crippen LogP contribution is -1.71. The molecule has 11 heavy (non-hydrogen) atoms. The van der Waals surface area contributed by atoms with Crippen LogP contribution in [0.25, 0.3) is 0 Å². The number of nitriles is 1. The van der Waals surface area contributed by atoms with Crippen LogP contribution in [0.3, 0.4) is 0 Å². The van der Waals surface area contributed by atoms with Crippen LogP contribution in [0, 0.1) is 23.2 Å². The Labute approximate surface area is 71.1 Å². The fourth-order valence-corrected chi connectivity index (χ4v) is 0.794. The van der Waals surface area contributed by atoms with Gasteiger partial charge in [-0.3, -0.25) is 0 Å². The Morgan fingerprint density at radius 3 is 2.36 bits per heavy atom. The molecule has 0 aliphatic rings. The van der Waals surface area contributed by atoms with Crippen LogP contribution in [0.1, 0.15) is 5.56 Å². The Morgan fingerprint density at radius 2 is 1.82 bits per heavy atom. The minimum Gasteiger partial charge on any atom is -0.183 e. The third-order valence-corrected chi connectivity index (χ3v) is 1.43. The highest BCUT2D eigenvalue weighted by Crippen LogP contribution is 2.05. The molecular formula is C9H5NS. The Kier molecular flexibility index (Phi) is 2.60. The summed E-state index contributed by atoms with van der Waals surface area (Å²) in [5, 5.41) is 8.14. The van der Waals surface area contributed by atoms with Crippen LogP contribution < -0.4 is 0 Å². The second-order valence-corrected chi connectivity index (χ2v) is 2.43. The fraction of sp³-hybridized carbons (Fsp3) is 0. The Bertz CT molecular complexity index is 335. The number of nitrogens with zero attached hydrogens (tertiary/aromatic N) is 1. The maximum absolute atomic E-state index is 8.14. The summed E-state index contributed by atoms with van der Waals surface area (Å²) in [5.74, 6) is 4.99. The summed E-state index contributed by atoms with van der Waals surface area (Å²) in [6, 6.07) is 9.08. The van der Waals surface area contributed by atoms with Gasteiger partial charge in [0.2, 0.25) is 0 Å². The molecule has 0 unspecified atom stereocenters. The first kappa shape index (κ1) is 7.72. The van der Waals surface area contributed by atoms with E-state index in [-0.39, 0.29) is 0 Å². The van der Waals surface area contributed by atoms with Crippen molar-refractivity contribution in [2.75, 3.05) is 0 Å². The second kappa shape index (κ2) is 3.71. The number of hydrogen-bond acceptors (Lipinski definition) is 2. The zero-order valence-electron chi connectivity index (χ0n) is 5.70. The van der Waals surface area contributed by atoms with Crippen molar-refractivity contribution < 1.29 is 0 Å². The van der Waals surface area contributed by atoms with Gasteiger partial charge in [0.05, 0.1) is 0 Å². The van der Waals surface area contributed by atoms with Crippen LogP contribution in [-0.2, 0) is 0 Å². The summed E-state index contributed by atoms with van der Waals surface area (Å²) in [5.41, 5.74) is 0.837. The van der Waals surface area contributed by atoms with Crippen LogP contribution >= 0.6 is 12.6 Å². The van der Waals surface area contributed by atoms with Crippen molar-refractivity contribution in [2.45, 2.75) is 4.90 Å². The van der Waals surface area contributed by atoms with Crippen LogP contribution in [0.2, 0.25) is 0 Å². The van der Waals surface area contributed by atoms with Crippen LogP contribution in [0.4, 0.5) is 0 Å². The van der Waals surface area contributed by atoms with Crippen LogP contribution in [0.5, 0.6) is 0 Å². The van der Waals surface area contributed by atoms with E-state index in [9.17, 15) is 0 Å². The van der Waals surface area contributed by atoms with Crippen molar-refractivity contribution in [3.05, 3.63) is 29.8 Å². The molecule has 1 rings (SSSR count). The first-order chi connectivity index (χ1) is 5.33. The van der Waals surface area contributed by atoms with Crippen LogP contribution in [-0.4, -0.2) is 0 Å². The van der Waals surface area contributed by atoms with Gasteiger partial charge in [0, 0.05) is 16.4 Å². The van der Waals surface area contributed by atoms with Gasteiger partial charge < -0.3 is 0 Å².